The SMILES string of the molecule is BN(C)c1nc(N)c(-c2ccc(F)c(C#N)c2)c2c1ncn2C. The zero-order valence-corrected chi connectivity index (χ0v) is 13.0. The van der Waals surface area contributed by atoms with Gasteiger partial charge in [0.05, 0.1) is 23.0 Å². The van der Waals surface area contributed by atoms with Crippen molar-refractivity contribution in [3.05, 3.63) is 35.9 Å². The minimum atomic E-state index is -0.561. The molecule has 8 heteroatoms. The van der Waals surface area contributed by atoms with Gasteiger partial charge in [-0.25, -0.2) is 14.4 Å². The van der Waals surface area contributed by atoms with Crippen LogP contribution in [0, 0.1) is 17.1 Å². The molecule has 3 rings (SSSR count). The molecule has 0 spiro atoms. The third-order valence-electron chi connectivity index (χ3n) is 3.67. The van der Waals surface area contributed by atoms with Crippen LogP contribution in [0.4, 0.5) is 16.0 Å². The summed E-state index contributed by atoms with van der Waals surface area (Å²) >= 11 is 0. The van der Waals surface area contributed by atoms with Crippen molar-refractivity contribution < 1.29 is 4.39 Å². The molecule has 3 aromatic rings. The average molecular weight is 308 g/mol. The van der Waals surface area contributed by atoms with Crippen LogP contribution < -0.4 is 10.5 Å². The smallest absolute Gasteiger partial charge is 0.219 e. The van der Waals surface area contributed by atoms with Gasteiger partial charge >= 0.3 is 0 Å². The molecule has 114 valence electrons. The lowest BCUT2D eigenvalue weighted by Crippen LogP contribution is -2.15. The normalized spacial score (nSPS) is 10.7. The predicted octanol–water partition coefficient (Wildman–Crippen LogP) is 1.21. The fraction of sp³-hybridized carbons (Fsp3) is 0.133. The summed E-state index contributed by atoms with van der Waals surface area (Å²) in [7, 11) is 5.58. The number of imidazole rings is 1. The highest BCUT2D eigenvalue weighted by molar-refractivity contribution is 6.20. The average Bonchev–Trinajstić information content (AvgIpc) is 2.89. The summed E-state index contributed by atoms with van der Waals surface area (Å²) in [6.07, 6.45) is 1.68. The number of nitrogens with two attached hydrogens (primary N) is 1. The first-order chi connectivity index (χ1) is 10.9. The Hall–Kier alpha value is -3.08. The fourth-order valence-electron chi connectivity index (χ4n) is 2.60. The van der Waals surface area contributed by atoms with E-state index in [-0.39, 0.29) is 5.56 Å². The first-order valence-electron chi connectivity index (χ1n) is 6.92. The minimum absolute atomic E-state index is 0.0334. The van der Waals surface area contributed by atoms with Crippen LogP contribution in [0.25, 0.3) is 22.2 Å². The Kier molecular flexibility index (Phi) is 3.41. The highest BCUT2D eigenvalue weighted by Gasteiger charge is 2.19. The van der Waals surface area contributed by atoms with E-state index in [9.17, 15) is 4.39 Å². The van der Waals surface area contributed by atoms with Gasteiger partial charge in [-0.05, 0) is 24.7 Å². The van der Waals surface area contributed by atoms with E-state index in [0.717, 1.165) is 5.52 Å². The zero-order valence-electron chi connectivity index (χ0n) is 13.0. The Morgan fingerprint density at radius 2 is 2.17 bits per heavy atom. The van der Waals surface area contributed by atoms with Crippen LogP contribution in [0.3, 0.4) is 0 Å². The van der Waals surface area contributed by atoms with Gasteiger partial charge < -0.3 is 15.1 Å². The molecule has 0 amide bonds. The lowest BCUT2D eigenvalue weighted by molar-refractivity contribution is 0.624. The number of rotatable bonds is 2. The lowest BCUT2D eigenvalue weighted by atomic mass is 10.0. The van der Waals surface area contributed by atoms with E-state index in [0.29, 0.717) is 28.3 Å². The fourth-order valence-corrected chi connectivity index (χ4v) is 2.60. The number of hydrogen-bond donors (Lipinski definition) is 1. The van der Waals surface area contributed by atoms with E-state index in [1.807, 2.05) is 37.5 Å². The van der Waals surface area contributed by atoms with Crippen LogP contribution in [-0.4, -0.2) is 29.6 Å². The topological polar surface area (TPSA) is 83.8 Å². The second-order valence-electron chi connectivity index (χ2n) is 5.45. The summed E-state index contributed by atoms with van der Waals surface area (Å²) in [6, 6.07) is 6.17. The first kappa shape index (κ1) is 14.8. The molecule has 6 nitrogen and oxygen atoms in total. The molecule has 0 atom stereocenters. The summed E-state index contributed by atoms with van der Waals surface area (Å²) < 4.78 is 15.4. The van der Waals surface area contributed by atoms with Crippen molar-refractivity contribution in [2.24, 2.45) is 7.05 Å². The molecule has 2 heterocycles. The highest BCUT2D eigenvalue weighted by atomic mass is 19.1. The molecule has 0 aliphatic rings. The summed E-state index contributed by atoms with van der Waals surface area (Å²) in [5.74, 6) is 0.402. The van der Waals surface area contributed by atoms with Crippen LogP contribution >= 0.6 is 0 Å². The van der Waals surface area contributed by atoms with Gasteiger partial charge in [0.15, 0.2) is 0 Å². The van der Waals surface area contributed by atoms with Crippen molar-refractivity contribution in [3.63, 3.8) is 0 Å². The molecule has 0 unspecified atom stereocenters. The van der Waals surface area contributed by atoms with E-state index in [2.05, 4.69) is 9.97 Å². The van der Waals surface area contributed by atoms with E-state index in [4.69, 9.17) is 11.0 Å². The van der Waals surface area contributed by atoms with Crippen molar-refractivity contribution in [3.8, 4) is 17.2 Å². The third-order valence-corrected chi connectivity index (χ3v) is 3.67. The van der Waals surface area contributed by atoms with Crippen LogP contribution in [0.15, 0.2) is 24.5 Å². The molecule has 0 bridgehead atoms. The van der Waals surface area contributed by atoms with Gasteiger partial charge in [-0.2, -0.15) is 5.26 Å². The van der Waals surface area contributed by atoms with Crippen molar-refractivity contribution in [1.29, 1.82) is 5.26 Å². The number of aryl methyl sites for hydroxylation is 1. The van der Waals surface area contributed by atoms with Gasteiger partial charge in [0.25, 0.3) is 0 Å². The molecule has 1 aromatic carbocycles. The van der Waals surface area contributed by atoms with Crippen LogP contribution in [0.2, 0.25) is 0 Å². The van der Waals surface area contributed by atoms with Crippen molar-refractivity contribution in [2.75, 3.05) is 17.6 Å². The number of nitrogen functional groups attached to an aromatic ring is 1. The maximum absolute atomic E-state index is 13.6. The van der Waals surface area contributed by atoms with Gasteiger partial charge in [0, 0.05) is 7.05 Å². The van der Waals surface area contributed by atoms with E-state index in [1.165, 1.54) is 12.1 Å². The number of halogens is 1. The van der Waals surface area contributed by atoms with Gasteiger partial charge in [-0.3, -0.25) is 0 Å². The second-order valence-corrected chi connectivity index (χ2v) is 5.45. The van der Waals surface area contributed by atoms with Crippen molar-refractivity contribution in [1.82, 2.24) is 14.5 Å². The van der Waals surface area contributed by atoms with Gasteiger partial charge in [0.2, 0.25) is 7.98 Å². The number of pyridine rings is 1. The zero-order chi connectivity index (χ0) is 16.7. The van der Waals surface area contributed by atoms with Crippen molar-refractivity contribution in [2.45, 2.75) is 0 Å². The molecule has 0 fully saturated rings. The Bertz CT molecular complexity index is 957. The maximum atomic E-state index is 13.6. The Morgan fingerprint density at radius 1 is 1.43 bits per heavy atom. The number of nitrogens with zero attached hydrogens (tertiary/aromatic N) is 5. The standard InChI is InChI=1S/C15H14BFN6/c1-22-7-20-12-13(22)11(14(19)21-15(12)23(2)16)8-3-4-10(17)9(5-8)6-18/h3-5,7H,16H2,1-2H3,(H2,19,21). The summed E-state index contributed by atoms with van der Waals surface area (Å²) in [5, 5.41) is 9.04. The van der Waals surface area contributed by atoms with Crippen LogP contribution in [-0.2, 0) is 7.05 Å². The number of anilines is 2. The summed E-state index contributed by atoms with van der Waals surface area (Å²) in [4.78, 5) is 10.6. The molecular formula is C15H14BFN6. The molecule has 0 aliphatic heterocycles. The number of aromatic nitrogens is 3. The van der Waals surface area contributed by atoms with E-state index >= 15 is 0 Å². The molecular weight excluding hydrogens is 294 g/mol. The molecule has 2 aromatic heterocycles. The monoisotopic (exact) mass is 308 g/mol. The Morgan fingerprint density at radius 3 is 2.83 bits per heavy atom. The minimum Gasteiger partial charge on any atom is -0.408 e. The largest absolute Gasteiger partial charge is 0.408 e. The van der Waals surface area contributed by atoms with Crippen LogP contribution in [0.1, 0.15) is 5.56 Å². The molecule has 2 N–H and O–H groups in total. The molecule has 0 saturated carbocycles. The lowest BCUT2D eigenvalue weighted by Gasteiger charge is -2.16. The number of nitriles is 1. The van der Waals surface area contributed by atoms with Gasteiger partial charge in [0.1, 0.15) is 29.0 Å². The van der Waals surface area contributed by atoms with Crippen LogP contribution in [0.5, 0.6) is 0 Å². The maximum Gasteiger partial charge on any atom is 0.219 e. The molecule has 0 saturated heterocycles. The van der Waals surface area contributed by atoms with E-state index < -0.39 is 5.82 Å². The quantitative estimate of drug-likeness (QED) is 0.720. The predicted molar refractivity (Wildman–Crippen MR) is 90.0 cm³/mol. The Labute approximate surface area is 133 Å². The number of benzene rings is 1. The van der Waals surface area contributed by atoms with Gasteiger partial charge in [-0.15, -0.1) is 0 Å². The van der Waals surface area contributed by atoms with Crippen molar-refractivity contribution >= 4 is 30.7 Å². The number of hydrogen-bond acceptors (Lipinski definition) is 5. The third kappa shape index (κ3) is 2.26. The summed E-state index contributed by atoms with van der Waals surface area (Å²) in [5.41, 5.74) is 8.89. The van der Waals surface area contributed by atoms with E-state index in [1.54, 1.807) is 12.4 Å². The molecule has 23 heavy (non-hydrogen) atoms. The second kappa shape index (κ2) is 5.28. The summed E-state index contributed by atoms with van der Waals surface area (Å²) in [6.45, 7) is 0. The van der Waals surface area contributed by atoms with Gasteiger partial charge in [-0.1, -0.05) is 6.07 Å². The number of fused-ring (bicyclic) bond motifs is 1. The first-order valence-corrected chi connectivity index (χ1v) is 6.92. The highest BCUT2D eigenvalue weighted by Crippen LogP contribution is 2.36. The Balaban J connectivity index is 2.39. The molecule has 0 radical (unpaired) electrons. The molecule has 0 aliphatic carbocycles.